The smallest absolute Gasteiger partial charge is 0.00616 e. The van der Waals surface area contributed by atoms with Crippen molar-refractivity contribution in [2.45, 2.75) is 379 Å². The fraction of sp³-hybridized carbons (Fsp3) is 0.565. The van der Waals surface area contributed by atoms with E-state index in [1.54, 1.807) is 0 Å². The largest absolute Gasteiger partial charge is 0.0628 e. The number of rotatable bonds is 20. The van der Waals surface area contributed by atoms with E-state index >= 15 is 0 Å². The van der Waals surface area contributed by atoms with E-state index < -0.39 is 0 Å². The van der Waals surface area contributed by atoms with Gasteiger partial charge in [0.2, 0.25) is 0 Å². The zero-order valence-electron chi connectivity index (χ0n) is 86.1. The second-order valence-electron chi connectivity index (χ2n) is 43.8. The topological polar surface area (TPSA) is 0 Å². The van der Waals surface area contributed by atoms with Crippen molar-refractivity contribution in [3.8, 4) is 22.3 Å². The summed E-state index contributed by atoms with van der Waals surface area (Å²) in [5.74, 6) is 15.2. The summed E-state index contributed by atoms with van der Waals surface area (Å²) in [5, 5.41) is 8.19. The Bertz CT molecular complexity index is 4450. The number of fused-ring (bicyclic) bond motifs is 3. The van der Waals surface area contributed by atoms with E-state index in [2.05, 4.69) is 442 Å². The van der Waals surface area contributed by atoms with Gasteiger partial charge in [0, 0.05) is 0 Å². The second-order valence-corrected chi connectivity index (χ2v) is 43.8. The van der Waals surface area contributed by atoms with Gasteiger partial charge in [0.05, 0.1) is 0 Å². The summed E-state index contributed by atoms with van der Waals surface area (Å²) >= 11 is 0. The van der Waals surface area contributed by atoms with Gasteiger partial charge in [-0.2, -0.15) is 0 Å². The van der Waals surface area contributed by atoms with Crippen molar-refractivity contribution in [1.82, 2.24) is 0 Å². The van der Waals surface area contributed by atoms with Crippen LogP contribution in [0.3, 0.4) is 0 Å². The van der Waals surface area contributed by atoms with Crippen molar-refractivity contribution in [1.29, 1.82) is 0 Å². The molecule has 0 heterocycles. The Morgan fingerprint density at radius 1 is 0.250 bits per heavy atom. The SMILES string of the molecule is CC(C)C1(C)CCCCC1(C)C(C)C.CC(C)C1CCCCC1C(C)C.CC(C)CC1CCCCC1C(C)C.CC(C)Cc1ccccc1C(C)C.CC(C)c1ccc2ccccc2c1-c1c(C(C)C)ccc2ccccc12.CC(C)c1cccc2cccc(C(C)C)c12.CC(C)c1ccccc1-c1ccccc1C(C)C.CC(C)c1ccccc1C(C)C. The number of hydrogen-bond donors (Lipinski definition) is 0. The first-order valence-electron chi connectivity index (χ1n) is 50.5. The molecule has 0 radical (unpaired) electrons. The van der Waals surface area contributed by atoms with Crippen molar-refractivity contribution in [3.63, 3.8) is 0 Å². The first-order chi connectivity index (χ1) is 58.6. The van der Waals surface area contributed by atoms with Crippen molar-refractivity contribution in [2.75, 3.05) is 0 Å². The van der Waals surface area contributed by atoms with Crippen molar-refractivity contribution in [3.05, 3.63) is 262 Å². The molecule has 124 heavy (non-hydrogen) atoms. The lowest BCUT2D eigenvalue weighted by atomic mass is 9.50. The molecule has 3 aliphatic carbocycles. The predicted octanol–water partition coefficient (Wildman–Crippen LogP) is 40.0. The van der Waals surface area contributed by atoms with Crippen LogP contribution in [0.5, 0.6) is 0 Å². The average molecular weight is 1670 g/mol. The Labute approximate surface area is 765 Å². The Morgan fingerprint density at radius 3 is 0.887 bits per heavy atom. The molecule has 3 fully saturated rings. The lowest BCUT2D eigenvalue weighted by Gasteiger charge is -2.55. The molecule has 6 atom stereocenters. The zero-order valence-corrected chi connectivity index (χ0v) is 86.1. The summed E-state index contributed by atoms with van der Waals surface area (Å²) in [6, 6.07) is 75.1. The Morgan fingerprint density at radius 2 is 0.548 bits per heavy atom. The summed E-state index contributed by atoms with van der Waals surface area (Å²) in [5.41, 5.74) is 21.4. The van der Waals surface area contributed by atoms with Gasteiger partial charge < -0.3 is 0 Å². The van der Waals surface area contributed by atoms with E-state index in [4.69, 9.17) is 0 Å². The third kappa shape index (κ3) is 29.5. The van der Waals surface area contributed by atoms with E-state index in [1.165, 1.54) is 200 Å². The van der Waals surface area contributed by atoms with Crippen LogP contribution in [0.4, 0.5) is 0 Å². The van der Waals surface area contributed by atoms with Crippen molar-refractivity contribution < 1.29 is 0 Å². The van der Waals surface area contributed by atoms with Crippen LogP contribution in [-0.2, 0) is 6.42 Å². The molecule has 0 heteroatoms. The number of hydrogen-bond acceptors (Lipinski definition) is 0. The molecule has 0 amide bonds. The van der Waals surface area contributed by atoms with Gasteiger partial charge in [-0.1, -0.05) is 487 Å². The summed E-state index contributed by atoms with van der Waals surface area (Å²) < 4.78 is 0. The molecule has 6 unspecified atom stereocenters. The van der Waals surface area contributed by atoms with E-state index in [-0.39, 0.29) is 0 Å². The predicted molar refractivity (Wildman–Crippen MR) is 560 cm³/mol. The Kier molecular flexibility index (Phi) is 43.7. The van der Waals surface area contributed by atoms with Gasteiger partial charge in [0.1, 0.15) is 0 Å². The van der Waals surface area contributed by atoms with Crippen molar-refractivity contribution in [2.24, 2.45) is 75.9 Å². The molecule has 0 bridgehead atoms. The molecule has 0 N–H and O–H groups in total. The summed E-state index contributed by atoms with van der Waals surface area (Å²) in [6.45, 7) is 79.2. The lowest BCUT2D eigenvalue weighted by Crippen LogP contribution is -2.47. The highest BCUT2D eigenvalue weighted by molar-refractivity contribution is 6.08. The second kappa shape index (κ2) is 51.2. The molecular weight excluding hydrogens is 1490 g/mol. The first-order valence-corrected chi connectivity index (χ1v) is 50.5. The highest BCUT2D eigenvalue weighted by atomic mass is 14.5. The maximum absolute atomic E-state index is 2.52. The van der Waals surface area contributed by atoms with E-state index in [0.717, 1.165) is 65.1 Å². The lowest BCUT2D eigenvalue weighted by molar-refractivity contribution is -0.0590. The fourth-order valence-electron chi connectivity index (χ4n) is 21.5. The van der Waals surface area contributed by atoms with E-state index in [0.29, 0.717) is 64.1 Å². The van der Waals surface area contributed by atoms with Gasteiger partial charge in [0.25, 0.3) is 0 Å². The Balaban J connectivity index is 0.000000223. The maximum Gasteiger partial charge on any atom is -0.00616 e. The minimum Gasteiger partial charge on any atom is -0.0628 e. The highest BCUT2D eigenvalue weighted by Crippen LogP contribution is 2.58. The van der Waals surface area contributed by atoms with Crippen LogP contribution in [0.2, 0.25) is 0 Å². The van der Waals surface area contributed by atoms with Crippen LogP contribution < -0.4 is 0 Å². The van der Waals surface area contributed by atoms with Gasteiger partial charge in [-0.25, -0.2) is 0 Å². The summed E-state index contributed by atoms with van der Waals surface area (Å²) in [6.07, 6.45) is 20.3. The molecule has 680 valence electrons. The van der Waals surface area contributed by atoms with E-state index in [1.807, 2.05) is 0 Å². The molecule has 3 saturated carbocycles. The average Bonchev–Trinajstić information content (AvgIpc) is 0.746. The number of benzene rings is 10. The summed E-state index contributed by atoms with van der Waals surface area (Å²) in [7, 11) is 0. The first kappa shape index (κ1) is 106. The quantitative estimate of drug-likeness (QED) is 0.0713. The van der Waals surface area contributed by atoms with Crippen LogP contribution in [0, 0.1) is 75.9 Å². The normalized spacial score (nSPS) is 18.5. The molecular formula is C124H184. The zero-order chi connectivity index (χ0) is 92.0. The van der Waals surface area contributed by atoms with Crippen molar-refractivity contribution >= 4 is 32.3 Å². The minimum absolute atomic E-state index is 0.480. The highest BCUT2D eigenvalue weighted by Gasteiger charge is 2.49. The molecule has 0 saturated heterocycles. The third-order valence-electron chi connectivity index (χ3n) is 29.3. The molecule has 10 aromatic carbocycles. The van der Waals surface area contributed by atoms with Crippen LogP contribution in [0.15, 0.2) is 206 Å². The molecule has 0 nitrogen and oxygen atoms in total. The molecule has 10 aromatic rings. The van der Waals surface area contributed by atoms with Gasteiger partial charge in [-0.05, 0) is 284 Å². The molecule has 0 spiro atoms. The summed E-state index contributed by atoms with van der Waals surface area (Å²) in [4.78, 5) is 0. The van der Waals surface area contributed by atoms with E-state index in [9.17, 15) is 0 Å². The minimum atomic E-state index is 0.480. The van der Waals surface area contributed by atoms with Gasteiger partial charge in [-0.15, -0.1) is 0 Å². The Hall–Kier alpha value is -7.02. The van der Waals surface area contributed by atoms with Gasteiger partial charge in [0.15, 0.2) is 0 Å². The van der Waals surface area contributed by atoms with Crippen LogP contribution >= 0.6 is 0 Å². The monoisotopic (exact) mass is 1670 g/mol. The van der Waals surface area contributed by atoms with Crippen LogP contribution in [0.1, 0.15) is 428 Å². The molecule has 0 aromatic heterocycles. The molecule has 3 aliphatic rings. The van der Waals surface area contributed by atoms with Crippen LogP contribution in [0.25, 0.3) is 54.6 Å². The van der Waals surface area contributed by atoms with Gasteiger partial charge in [-0.3, -0.25) is 0 Å². The standard InChI is InChI=1S/C26H26.C18H22.C16H20.C14H28.C13H26.C13H20.C12H24.C12H18/c1-17(2)21-15-13-19-9-5-7-11-23(19)25(21)26-22(18(3)4)16-14-20-10-6-8-12-24(20)26;1-13(2)15-9-5-7-11-17(15)18-12-8-6-10-16(18)14(3)4;1-11(2)14-9-5-7-13-8-6-10-15(12(3)4)16(13)14;1-11(2)13(5)9-7-8-10-14(13,6)12(3)4;2*1-10(2)9-12-7-5-6-8-13(12)11(3)4;2*1-9(2)11-7-5-6-8-12(11)10(3)4/h5-18H,1-4H3;5-14H,1-4H3;5-12H,1-4H3;11-12H,7-10H2,1-6H3;10-13H,5-9H2,1-4H3;5-8,10-11H,9H2,1-4H3;9-12H,5-8H2,1-4H3;5-10H,1-4H3. The molecule has 13 rings (SSSR count). The van der Waals surface area contributed by atoms with Gasteiger partial charge >= 0.3 is 0 Å². The van der Waals surface area contributed by atoms with Crippen LogP contribution in [-0.4, -0.2) is 0 Å². The molecule has 0 aliphatic heterocycles. The third-order valence-corrected chi connectivity index (χ3v) is 29.3. The maximum atomic E-state index is 2.52. The fourth-order valence-corrected chi connectivity index (χ4v) is 21.5.